The van der Waals surface area contributed by atoms with Gasteiger partial charge in [0.2, 0.25) is 5.91 Å². The van der Waals surface area contributed by atoms with Crippen LogP contribution in [0.15, 0.2) is 30.3 Å². The lowest BCUT2D eigenvalue weighted by Crippen LogP contribution is -2.60. The number of imide groups is 1. The van der Waals surface area contributed by atoms with Crippen molar-refractivity contribution in [3.63, 3.8) is 0 Å². The number of carbonyl (C=O) groups excluding carboxylic acids is 4. The highest BCUT2D eigenvalue weighted by Gasteiger charge is 2.41. The van der Waals surface area contributed by atoms with Crippen molar-refractivity contribution >= 4 is 48.4 Å². The fraction of sp³-hybridized carbons (Fsp3) is 0.292. The number of aromatic hydroxyl groups is 1. The number of nitrogens with two attached hydrogens (primary N) is 1. The van der Waals surface area contributed by atoms with Crippen LogP contribution in [0.5, 0.6) is 11.5 Å². The molecule has 7 N–H and O–H groups in total. The third kappa shape index (κ3) is 6.03. The van der Waals surface area contributed by atoms with Crippen molar-refractivity contribution in [2.24, 2.45) is 5.73 Å². The van der Waals surface area contributed by atoms with Gasteiger partial charge in [-0.15, -0.1) is 0 Å². The van der Waals surface area contributed by atoms with Crippen LogP contribution in [0.3, 0.4) is 0 Å². The van der Waals surface area contributed by atoms with Gasteiger partial charge in [-0.1, -0.05) is 23.7 Å². The molecule has 2 aliphatic heterocycles. The second-order valence-corrected chi connectivity index (χ2v) is 9.58. The summed E-state index contributed by atoms with van der Waals surface area (Å²) in [5.74, 6) is -7.60. The SMILES string of the molecule is NCCN1CCN(C(=O)NC(C(=O)N[C@H]2Cc3cccc(C(=O)O)c3OB2O)c2cc(Cl)c(O)cc2F)C(=O)C1=O. The number of amides is 5. The Hall–Kier alpha value is -4.41. The van der Waals surface area contributed by atoms with Crippen LogP contribution in [0, 0.1) is 5.82 Å². The van der Waals surface area contributed by atoms with Gasteiger partial charge < -0.3 is 41.2 Å². The van der Waals surface area contributed by atoms with Gasteiger partial charge >= 0.3 is 30.9 Å². The smallest absolute Gasteiger partial charge is 0.534 e. The second kappa shape index (κ2) is 12.0. The Morgan fingerprint density at radius 1 is 1.22 bits per heavy atom. The number of carbonyl (C=O) groups is 5. The Kier molecular flexibility index (Phi) is 8.65. The fourth-order valence-corrected chi connectivity index (χ4v) is 4.65. The Morgan fingerprint density at radius 3 is 2.63 bits per heavy atom. The molecule has 2 aromatic carbocycles. The first-order valence-electron chi connectivity index (χ1n) is 12.2. The van der Waals surface area contributed by atoms with Gasteiger partial charge in [0, 0.05) is 37.8 Å². The molecular weight excluding hydrogens is 568 g/mol. The minimum atomic E-state index is -1.87. The van der Waals surface area contributed by atoms with Gasteiger partial charge in [0.15, 0.2) is 0 Å². The molecule has 14 nitrogen and oxygen atoms in total. The van der Waals surface area contributed by atoms with Gasteiger partial charge in [-0.3, -0.25) is 19.3 Å². The van der Waals surface area contributed by atoms with E-state index in [1.165, 1.54) is 18.2 Å². The zero-order chi connectivity index (χ0) is 30.0. The summed E-state index contributed by atoms with van der Waals surface area (Å²) in [7, 11) is -1.73. The number of benzene rings is 2. The number of piperazine rings is 1. The predicted molar refractivity (Wildman–Crippen MR) is 139 cm³/mol. The highest BCUT2D eigenvalue weighted by atomic mass is 35.5. The van der Waals surface area contributed by atoms with Gasteiger partial charge in [0.05, 0.1) is 16.5 Å². The van der Waals surface area contributed by atoms with E-state index < -0.39 is 66.0 Å². The van der Waals surface area contributed by atoms with Crippen molar-refractivity contribution in [3.8, 4) is 11.5 Å². The largest absolute Gasteiger partial charge is 0.547 e. The second-order valence-electron chi connectivity index (χ2n) is 9.17. The van der Waals surface area contributed by atoms with Crippen molar-refractivity contribution in [1.29, 1.82) is 0 Å². The summed E-state index contributed by atoms with van der Waals surface area (Å²) >= 11 is 5.93. The summed E-state index contributed by atoms with van der Waals surface area (Å²) in [6, 6.07) is 2.69. The van der Waals surface area contributed by atoms with E-state index in [1.807, 2.05) is 0 Å². The van der Waals surface area contributed by atoms with Gasteiger partial charge in [-0.25, -0.2) is 14.0 Å². The molecule has 1 saturated heterocycles. The zero-order valence-electron chi connectivity index (χ0n) is 21.2. The van der Waals surface area contributed by atoms with Crippen molar-refractivity contribution in [2.75, 3.05) is 26.2 Å². The molecule has 0 radical (unpaired) electrons. The van der Waals surface area contributed by atoms with Crippen LogP contribution in [0.4, 0.5) is 9.18 Å². The van der Waals surface area contributed by atoms with Crippen molar-refractivity contribution < 1.29 is 48.3 Å². The van der Waals surface area contributed by atoms with Crippen LogP contribution in [-0.2, 0) is 20.8 Å². The number of urea groups is 1. The first-order chi connectivity index (χ1) is 19.4. The molecule has 216 valence electrons. The lowest BCUT2D eigenvalue weighted by atomic mass is 9.72. The van der Waals surface area contributed by atoms with E-state index in [0.717, 1.165) is 11.0 Å². The highest BCUT2D eigenvalue weighted by Crippen LogP contribution is 2.32. The number of carboxylic acid groups (broad SMARTS) is 1. The van der Waals surface area contributed by atoms with Crippen LogP contribution >= 0.6 is 11.6 Å². The summed E-state index contributed by atoms with van der Waals surface area (Å²) in [6.07, 6.45) is -0.0983. The summed E-state index contributed by atoms with van der Waals surface area (Å²) in [6.45, 7) is -0.0748. The average Bonchev–Trinajstić information content (AvgIpc) is 2.92. The van der Waals surface area contributed by atoms with E-state index in [1.54, 1.807) is 0 Å². The summed E-state index contributed by atoms with van der Waals surface area (Å²) in [5.41, 5.74) is 5.08. The molecule has 2 atom stereocenters. The first-order valence-corrected chi connectivity index (χ1v) is 12.6. The maximum Gasteiger partial charge on any atom is 0.547 e. The monoisotopic (exact) mass is 591 g/mol. The standard InChI is InChI=1S/C24H24BClFN5O9/c26-14-9-13(15(27)10-16(14)33)18(30-24(39)32-7-6-31(5-4-28)21(35)22(32)36)20(34)29-17-8-11-2-1-3-12(23(37)38)19(11)41-25(17)40/h1-3,9-10,17-18,33,40H,4-8,28H2,(H,29,34)(H,30,39)(H,37,38)/t17-,18?/m0/s1. The molecular formula is C24H24BClFN5O9. The molecule has 1 fully saturated rings. The molecule has 17 heteroatoms. The van der Waals surface area contributed by atoms with Gasteiger partial charge in [-0.05, 0) is 24.1 Å². The van der Waals surface area contributed by atoms with Crippen molar-refractivity contribution in [3.05, 3.63) is 57.9 Å². The lowest BCUT2D eigenvalue weighted by Gasteiger charge is -2.33. The van der Waals surface area contributed by atoms with Crippen LogP contribution in [-0.4, -0.2) is 94.0 Å². The number of aromatic carboxylic acids is 1. The van der Waals surface area contributed by atoms with Crippen LogP contribution in [0.25, 0.3) is 0 Å². The predicted octanol–water partition coefficient (Wildman–Crippen LogP) is -0.597. The molecule has 41 heavy (non-hydrogen) atoms. The topological polar surface area (TPSA) is 212 Å². The lowest BCUT2D eigenvalue weighted by molar-refractivity contribution is -0.153. The van der Waals surface area contributed by atoms with Crippen molar-refractivity contribution in [2.45, 2.75) is 18.4 Å². The quantitative estimate of drug-likeness (QED) is 0.178. The number of halogens is 2. The fourth-order valence-electron chi connectivity index (χ4n) is 4.48. The molecule has 0 bridgehead atoms. The maximum atomic E-state index is 14.9. The molecule has 0 aliphatic carbocycles. The Balaban J connectivity index is 1.60. The highest BCUT2D eigenvalue weighted by molar-refractivity contribution is 6.47. The van der Waals surface area contributed by atoms with Crippen LogP contribution in [0.2, 0.25) is 5.02 Å². The van der Waals surface area contributed by atoms with E-state index in [0.29, 0.717) is 16.5 Å². The Bertz CT molecular complexity index is 1430. The molecule has 2 aromatic rings. The molecule has 2 heterocycles. The third-order valence-corrected chi connectivity index (χ3v) is 6.84. The molecule has 5 amide bonds. The van der Waals surface area contributed by atoms with E-state index in [-0.39, 0.29) is 48.9 Å². The van der Waals surface area contributed by atoms with E-state index in [2.05, 4.69) is 10.6 Å². The molecule has 2 aliphatic rings. The number of hydrogen-bond acceptors (Lipinski definition) is 9. The van der Waals surface area contributed by atoms with E-state index >= 15 is 0 Å². The third-order valence-electron chi connectivity index (χ3n) is 6.54. The number of nitrogens with zero attached hydrogens (tertiary/aromatic N) is 2. The molecule has 0 aromatic heterocycles. The minimum absolute atomic E-state index is 0.0190. The first kappa shape index (κ1) is 29.6. The molecule has 4 rings (SSSR count). The number of fused-ring (bicyclic) bond motifs is 1. The number of nitrogens with one attached hydrogen (secondary N) is 2. The number of hydrogen-bond donors (Lipinski definition) is 6. The number of para-hydroxylation sites is 1. The van der Waals surface area contributed by atoms with Gasteiger partial charge in [0.25, 0.3) is 0 Å². The Morgan fingerprint density at radius 2 is 1.95 bits per heavy atom. The molecule has 0 spiro atoms. The normalized spacial score (nSPS) is 17.5. The number of carboxylic acids is 1. The van der Waals surface area contributed by atoms with Gasteiger partial charge in [-0.2, -0.15) is 0 Å². The van der Waals surface area contributed by atoms with E-state index in [4.69, 9.17) is 22.0 Å². The number of phenols is 1. The summed E-state index contributed by atoms with van der Waals surface area (Å²) in [5, 5.41) is 34.0. The maximum absolute atomic E-state index is 14.9. The number of phenolic OH excluding ortho intramolecular Hbond substituents is 1. The number of rotatable bonds is 7. The zero-order valence-corrected chi connectivity index (χ0v) is 21.9. The van der Waals surface area contributed by atoms with E-state index in [9.17, 15) is 43.6 Å². The minimum Gasteiger partial charge on any atom is -0.534 e. The van der Waals surface area contributed by atoms with Gasteiger partial charge in [0.1, 0.15) is 23.4 Å². The van der Waals surface area contributed by atoms with Crippen molar-refractivity contribution in [1.82, 2.24) is 20.4 Å². The molecule has 0 saturated carbocycles. The average molecular weight is 592 g/mol. The Labute approximate surface area is 236 Å². The van der Waals surface area contributed by atoms with Crippen LogP contribution in [0.1, 0.15) is 27.5 Å². The van der Waals surface area contributed by atoms with Crippen LogP contribution < -0.4 is 21.0 Å². The summed E-state index contributed by atoms with van der Waals surface area (Å²) in [4.78, 5) is 64.7. The molecule has 1 unspecified atom stereocenters. The summed E-state index contributed by atoms with van der Waals surface area (Å²) < 4.78 is 20.3.